The van der Waals surface area contributed by atoms with E-state index in [1.165, 1.54) is 0 Å². The molecule has 0 bridgehead atoms. The van der Waals surface area contributed by atoms with Crippen molar-refractivity contribution in [1.29, 1.82) is 0 Å². The summed E-state index contributed by atoms with van der Waals surface area (Å²) in [5, 5.41) is 8.68. The maximum Gasteiger partial charge on any atom is 0.325 e. The van der Waals surface area contributed by atoms with Gasteiger partial charge in [-0.1, -0.05) is 0 Å². The molecule has 1 N–H and O–H groups in total. The molecule has 0 atom stereocenters. The molecule has 1 heterocycles. The van der Waals surface area contributed by atoms with Crippen LogP contribution in [0.3, 0.4) is 0 Å². The van der Waals surface area contributed by atoms with Crippen LogP contribution < -0.4 is 0 Å². The highest BCUT2D eigenvalue weighted by atomic mass is 16.5. The van der Waals surface area contributed by atoms with Crippen molar-refractivity contribution in [2.75, 3.05) is 26.2 Å². The van der Waals surface area contributed by atoms with Crippen molar-refractivity contribution in [2.45, 2.75) is 32.2 Å². The molecular weight excluding hydrogens is 264 g/mol. The zero-order valence-corrected chi connectivity index (χ0v) is 11.6. The molecule has 2 fully saturated rings. The van der Waals surface area contributed by atoms with Gasteiger partial charge in [-0.25, -0.2) is 4.79 Å². The zero-order valence-electron chi connectivity index (χ0n) is 11.6. The molecule has 0 unspecified atom stereocenters. The monoisotopic (exact) mass is 284 g/mol. The third kappa shape index (κ3) is 3.61. The van der Waals surface area contributed by atoms with Crippen molar-refractivity contribution in [1.82, 2.24) is 9.80 Å². The van der Waals surface area contributed by atoms with Crippen LogP contribution in [0, 0.1) is 5.92 Å². The van der Waals surface area contributed by atoms with Crippen molar-refractivity contribution in [3.05, 3.63) is 0 Å². The van der Waals surface area contributed by atoms with Gasteiger partial charge in [0.2, 0.25) is 0 Å². The van der Waals surface area contributed by atoms with E-state index in [0.717, 1.165) is 12.8 Å². The maximum atomic E-state index is 12.3. The normalized spacial score (nSPS) is 18.4. The lowest BCUT2D eigenvalue weighted by Gasteiger charge is -2.41. The van der Waals surface area contributed by atoms with Crippen LogP contribution in [0.2, 0.25) is 0 Å². The third-order valence-corrected chi connectivity index (χ3v) is 3.53. The number of amides is 2. The standard InChI is InChI=1S/C13H20N2O5/c1-2-20-12(18)8-15(10-3-4-10)13(19)14-6-9(7-14)5-11(16)17/h9-10H,2-8H2,1H3,(H,16,17). The van der Waals surface area contributed by atoms with Gasteiger partial charge in [0.25, 0.3) is 0 Å². The molecule has 0 aromatic carbocycles. The largest absolute Gasteiger partial charge is 0.481 e. The molecule has 1 aliphatic carbocycles. The van der Waals surface area contributed by atoms with Gasteiger partial charge in [0, 0.05) is 25.0 Å². The van der Waals surface area contributed by atoms with Gasteiger partial charge in [-0.2, -0.15) is 0 Å². The number of aliphatic carboxylic acids is 1. The molecule has 0 aromatic rings. The fourth-order valence-corrected chi connectivity index (χ4v) is 2.37. The second-order valence-corrected chi connectivity index (χ2v) is 5.32. The summed E-state index contributed by atoms with van der Waals surface area (Å²) in [5.41, 5.74) is 0. The maximum absolute atomic E-state index is 12.3. The molecule has 2 amide bonds. The highest BCUT2D eigenvalue weighted by Gasteiger charge is 2.40. The molecule has 0 radical (unpaired) electrons. The van der Waals surface area contributed by atoms with E-state index in [-0.39, 0.29) is 31.0 Å². The van der Waals surface area contributed by atoms with Gasteiger partial charge in [0.05, 0.1) is 13.0 Å². The lowest BCUT2D eigenvalue weighted by atomic mass is 9.97. The predicted octanol–water partition coefficient (Wildman–Crippen LogP) is 0.540. The van der Waals surface area contributed by atoms with Crippen molar-refractivity contribution >= 4 is 18.0 Å². The van der Waals surface area contributed by atoms with Gasteiger partial charge < -0.3 is 19.6 Å². The number of carboxylic acid groups (broad SMARTS) is 1. The van der Waals surface area contributed by atoms with E-state index in [2.05, 4.69) is 0 Å². The number of likely N-dealkylation sites (tertiary alicyclic amines) is 1. The van der Waals surface area contributed by atoms with E-state index in [1.807, 2.05) is 0 Å². The average molecular weight is 284 g/mol. The van der Waals surface area contributed by atoms with E-state index < -0.39 is 11.9 Å². The van der Waals surface area contributed by atoms with Gasteiger partial charge in [-0.05, 0) is 19.8 Å². The van der Waals surface area contributed by atoms with Crippen LogP contribution in [0.25, 0.3) is 0 Å². The number of ether oxygens (including phenoxy) is 1. The highest BCUT2D eigenvalue weighted by Crippen LogP contribution is 2.30. The number of urea groups is 1. The second kappa shape index (κ2) is 6.11. The Morgan fingerprint density at radius 2 is 1.95 bits per heavy atom. The number of carbonyl (C=O) groups excluding carboxylic acids is 2. The fraction of sp³-hybridized carbons (Fsp3) is 0.769. The van der Waals surface area contributed by atoms with E-state index in [4.69, 9.17) is 9.84 Å². The number of hydrogen-bond donors (Lipinski definition) is 1. The molecule has 0 aromatic heterocycles. The molecule has 7 heteroatoms. The summed E-state index contributed by atoms with van der Waals surface area (Å²) in [6, 6.07) is -0.0485. The minimum absolute atomic E-state index is 0.0164. The van der Waals surface area contributed by atoms with E-state index >= 15 is 0 Å². The van der Waals surface area contributed by atoms with Gasteiger partial charge in [-0.3, -0.25) is 9.59 Å². The molecule has 1 saturated carbocycles. The molecule has 1 aliphatic heterocycles. The second-order valence-electron chi connectivity index (χ2n) is 5.32. The Morgan fingerprint density at radius 3 is 2.45 bits per heavy atom. The van der Waals surface area contributed by atoms with E-state index in [1.54, 1.807) is 16.7 Å². The van der Waals surface area contributed by atoms with Gasteiger partial charge in [-0.15, -0.1) is 0 Å². The average Bonchev–Trinajstić information content (AvgIpc) is 3.13. The summed E-state index contributed by atoms with van der Waals surface area (Å²) in [6.07, 6.45) is 1.92. The summed E-state index contributed by atoms with van der Waals surface area (Å²) in [7, 11) is 0. The topological polar surface area (TPSA) is 87.2 Å². The van der Waals surface area contributed by atoms with Crippen molar-refractivity contribution in [2.24, 2.45) is 5.92 Å². The number of nitrogens with zero attached hydrogens (tertiary/aromatic N) is 2. The lowest BCUT2D eigenvalue weighted by Crippen LogP contribution is -2.56. The third-order valence-electron chi connectivity index (χ3n) is 3.53. The smallest absolute Gasteiger partial charge is 0.325 e. The van der Waals surface area contributed by atoms with Crippen LogP contribution in [0.5, 0.6) is 0 Å². The van der Waals surface area contributed by atoms with Gasteiger partial charge in [0.15, 0.2) is 0 Å². The predicted molar refractivity (Wildman–Crippen MR) is 69.1 cm³/mol. The fourth-order valence-electron chi connectivity index (χ4n) is 2.37. The van der Waals surface area contributed by atoms with Crippen molar-refractivity contribution in [3.63, 3.8) is 0 Å². The Bertz CT molecular complexity index is 402. The highest BCUT2D eigenvalue weighted by molar-refractivity contribution is 5.82. The Kier molecular flexibility index (Phi) is 4.46. The molecule has 20 heavy (non-hydrogen) atoms. The summed E-state index contributed by atoms with van der Waals surface area (Å²) in [5.74, 6) is -1.21. The van der Waals surface area contributed by atoms with Crippen LogP contribution in [0.4, 0.5) is 4.79 Å². The SMILES string of the molecule is CCOC(=O)CN(C(=O)N1CC(CC(=O)O)C1)C1CC1. The van der Waals surface area contributed by atoms with E-state index in [9.17, 15) is 14.4 Å². The minimum atomic E-state index is -0.840. The van der Waals surface area contributed by atoms with Gasteiger partial charge in [0.1, 0.15) is 6.54 Å². The molecular formula is C13H20N2O5. The Labute approximate surface area is 117 Å². The van der Waals surface area contributed by atoms with Crippen LogP contribution in [0.1, 0.15) is 26.2 Å². The molecule has 0 spiro atoms. The molecule has 112 valence electrons. The Hall–Kier alpha value is -1.79. The molecule has 1 saturated heterocycles. The summed E-state index contributed by atoms with van der Waals surface area (Å²) >= 11 is 0. The van der Waals surface area contributed by atoms with Crippen molar-refractivity contribution in [3.8, 4) is 0 Å². The first-order chi connectivity index (χ1) is 9.51. The first-order valence-corrected chi connectivity index (χ1v) is 6.94. The Balaban J connectivity index is 1.83. The first kappa shape index (κ1) is 14.6. The quantitative estimate of drug-likeness (QED) is 0.719. The van der Waals surface area contributed by atoms with Crippen LogP contribution in [0.15, 0.2) is 0 Å². The number of esters is 1. The number of rotatable bonds is 6. The summed E-state index contributed by atoms with van der Waals surface area (Å²) in [4.78, 5) is 37.5. The number of carboxylic acids is 1. The Morgan fingerprint density at radius 1 is 1.30 bits per heavy atom. The summed E-state index contributed by atoms with van der Waals surface area (Å²) in [6.45, 7) is 2.93. The van der Waals surface area contributed by atoms with E-state index in [0.29, 0.717) is 19.7 Å². The minimum Gasteiger partial charge on any atom is -0.481 e. The van der Waals surface area contributed by atoms with Crippen molar-refractivity contribution < 1.29 is 24.2 Å². The lowest BCUT2D eigenvalue weighted by molar-refractivity contribution is -0.144. The number of carbonyl (C=O) groups is 3. The molecule has 2 rings (SSSR count). The zero-order chi connectivity index (χ0) is 14.7. The van der Waals surface area contributed by atoms with Gasteiger partial charge >= 0.3 is 18.0 Å². The van der Waals surface area contributed by atoms with Crippen LogP contribution in [-0.2, 0) is 14.3 Å². The molecule has 2 aliphatic rings. The molecule has 7 nitrogen and oxygen atoms in total. The van der Waals surface area contributed by atoms with Crippen LogP contribution in [-0.4, -0.2) is 65.2 Å². The first-order valence-electron chi connectivity index (χ1n) is 6.94. The summed E-state index contributed by atoms with van der Waals surface area (Å²) < 4.78 is 4.88. The number of hydrogen-bond acceptors (Lipinski definition) is 4. The van der Waals surface area contributed by atoms with Crippen LogP contribution >= 0.6 is 0 Å².